The van der Waals surface area contributed by atoms with Crippen LogP contribution in [0.15, 0.2) is 58.2 Å². The molecule has 3 rings (SSSR count). The molecule has 0 fully saturated rings. The van der Waals surface area contributed by atoms with Crippen LogP contribution in [-0.2, 0) is 4.79 Å². The Morgan fingerprint density at radius 2 is 2.00 bits per heavy atom. The smallest absolute Gasteiger partial charge is 0.277 e. The number of halogens is 1. The van der Waals surface area contributed by atoms with Crippen molar-refractivity contribution in [2.45, 2.75) is 30.4 Å². The Bertz CT molecular complexity index is 1030. The number of anilines is 1. The number of ether oxygens (including phenoxy) is 1. The van der Waals surface area contributed by atoms with Crippen molar-refractivity contribution in [1.82, 2.24) is 10.2 Å². The zero-order chi connectivity index (χ0) is 20.8. The van der Waals surface area contributed by atoms with Gasteiger partial charge in [0.15, 0.2) is 6.10 Å². The summed E-state index contributed by atoms with van der Waals surface area (Å²) in [7, 11) is 0. The Morgan fingerprint density at radius 1 is 1.24 bits per heavy atom. The lowest BCUT2D eigenvalue weighted by Gasteiger charge is -2.11. The van der Waals surface area contributed by atoms with Gasteiger partial charge in [-0.05, 0) is 56.3 Å². The maximum absolute atomic E-state index is 13.0. The van der Waals surface area contributed by atoms with Gasteiger partial charge in [0.25, 0.3) is 11.1 Å². The summed E-state index contributed by atoms with van der Waals surface area (Å²) in [5, 5.41) is 19.3. The maximum atomic E-state index is 13.0. The molecule has 29 heavy (non-hydrogen) atoms. The fourth-order valence-electron chi connectivity index (χ4n) is 2.32. The molecule has 0 unspecified atom stereocenters. The summed E-state index contributed by atoms with van der Waals surface area (Å²) >= 11 is 1.10. The highest BCUT2D eigenvalue weighted by Crippen LogP contribution is 2.27. The van der Waals surface area contributed by atoms with E-state index in [1.54, 1.807) is 38.1 Å². The van der Waals surface area contributed by atoms with Crippen LogP contribution in [0, 0.1) is 17.1 Å². The molecule has 7 nitrogen and oxygen atoms in total. The first-order valence-corrected chi connectivity index (χ1v) is 9.56. The average Bonchev–Trinajstić information content (AvgIpc) is 3.18. The lowest BCUT2D eigenvalue weighted by atomic mass is 10.2. The Kier molecular flexibility index (Phi) is 6.46. The van der Waals surface area contributed by atoms with Crippen molar-refractivity contribution in [3.8, 4) is 11.8 Å². The topological polar surface area (TPSA) is 101 Å². The standard InChI is InChI=1S/C20H17FN4O3S/c1-12(27-17-8-6-15(21)7-9-17)19-24-25-20(28-19)29-13(2)18(26)23-16-5-3-4-14(10-16)11-22/h3-10,12-13H,1-2H3,(H,23,26)/t12-,13+/m1/s1. The van der Waals surface area contributed by atoms with Crippen molar-refractivity contribution in [2.75, 3.05) is 5.32 Å². The molecule has 1 aromatic heterocycles. The molecule has 1 amide bonds. The van der Waals surface area contributed by atoms with E-state index in [2.05, 4.69) is 15.5 Å². The highest BCUT2D eigenvalue weighted by molar-refractivity contribution is 8.00. The number of hydrogen-bond donors (Lipinski definition) is 1. The van der Waals surface area contributed by atoms with E-state index in [9.17, 15) is 9.18 Å². The van der Waals surface area contributed by atoms with Gasteiger partial charge in [0.2, 0.25) is 5.91 Å². The summed E-state index contributed by atoms with van der Waals surface area (Å²) in [6, 6.07) is 14.3. The van der Waals surface area contributed by atoms with Gasteiger partial charge < -0.3 is 14.5 Å². The first-order chi connectivity index (χ1) is 13.9. The minimum atomic E-state index is -0.542. The molecule has 0 bridgehead atoms. The summed E-state index contributed by atoms with van der Waals surface area (Å²) in [6.07, 6.45) is -0.542. The van der Waals surface area contributed by atoms with Crippen molar-refractivity contribution < 1.29 is 18.3 Å². The van der Waals surface area contributed by atoms with Gasteiger partial charge in [-0.1, -0.05) is 17.8 Å². The van der Waals surface area contributed by atoms with Gasteiger partial charge in [-0.25, -0.2) is 4.39 Å². The van der Waals surface area contributed by atoms with E-state index in [0.717, 1.165) is 11.8 Å². The zero-order valence-electron chi connectivity index (χ0n) is 15.6. The van der Waals surface area contributed by atoms with Crippen LogP contribution in [0.5, 0.6) is 5.75 Å². The summed E-state index contributed by atoms with van der Waals surface area (Å²) < 4.78 is 24.2. The van der Waals surface area contributed by atoms with Gasteiger partial charge in [0.05, 0.1) is 16.9 Å². The number of thioether (sulfide) groups is 1. The third-order valence-electron chi connectivity index (χ3n) is 3.80. The average molecular weight is 412 g/mol. The SMILES string of the molecule is C[C@H](Sc1nnc([C@@H](C)Oc2ccc(F)cc2)o1)C(=O)Nc1cccc(C#N)c1. The number of nitriles is 1. The summed E-state index contributed by atoms with van der Waals surface area (Å²) in [6.45, 7) is 3.43. The summed E-state index contributed by atoms with van der Waals surface area (Å²) in [5.41, 5.74) is 0.994. The molecule has 0 saturated carbocycles. The molecule has 0 aliphatic carbocycles. The zero-order valence-corrected chi connectivity index (χ0v) is 16.4. The maximum Gasteiger partial charge on any atom is 0.277 e. The normalized spacial score (nSPS) is 12.6. The number of nitrogens with zero attached hydrogens (tertiary/aromatic N) is 3. The second-order valence-electron chi connectivity index (χ2n) is 6.06. The molecule has 0 aliphatic rings. The molecule has 0 radical (unpaired) electrons. The molecule has 0 spiro atoms. The number of benzene rings is 2. The van der Waals surface area contributed by atoms with Gasteiger partial charge >= 0.3 is 0 Å². The van der Waals surface area contributed by atoms with Crippen LogP contribution in [0.1, 0.15) is 31.4 Å². The van der Waals surface area contributed by atoms with E-state index >= 15 is 0 Å². The first kappa shape index (κ1) is 20.4. The Morgan fingerprint density at radius 3 is 2.72 bits per heavy atom. The van der Waals surface area contributed by atoms with Gasteiger partial charge in [0, 0.05) is 5.69 Å². The van der Waals surface area contributed by atoms with E-state index in [1.807, 2.05) is 6.07 Å². The lowest BCUT2D eigenvalue weighted by molar-refractivity contribution is -0.115. The van der Waals surface area contributed by atoms with Crippen LogP contribution in [0.3, 0.4) is 0 Å². The molecule has 0 aliphatic heterocycles. The quantitative estimate of drug-likeness (QED) is 0.576. The number of rotatable bonds is 7. The summed E-state index contributed by atoms with van der Waals surface area (Å²) in [5.74, 6) is 0.0957. The van der Waals surface area contributed by atoms with Crippen molar-refractivity contribution in [3.63, 3.8) is 0 Å². The monoisotopic (exact) mass is 412 g/mol. The molecular weight excluding hydrogens is 395 g/mol. The van der Waals surface area contributed by atoms with Crippen LogP contribution in [0.2, 0.25) is 0 Å². The highest BCUT2D eigenvalue weighted by atomic mass is 32.2. The van der Waals surface area contributed by atoms with Gasteiger partial charge in [-0.15, -0.1) is 10.2 Å². The number of carbonyl (C=O) groups excluding carboxylic acids is 1. The molecule has 3 aromatic rings. The molecule has 148 valence electrons. The number of aromatic nitrogens is 2. The number of amides is 1. The number of hydrogen-bond acceptors (Lipinski definition) is 7. The second-order valence-corrected chi connectivity index (χ2v) is 7.35. The predicted octanol–water partition coefficient (Wildman–Crippen LogP) is 4.34. The predicted molar refractivity (Wildman–Crippen MR) is 105 cm³/mol. The molecule has 9 heteroatoms. The molecular formula is C20H17FN4O3S. The van der Waals surface area contributed by atoms with Crippen LogP contribution in [-0.4, -0.2) is 21.4 Å². The van der Waals surface area contributed by atoms with Gasteiger partial charge in [-0.2, -0.15) is 5.26 Å². The van der Waals surface area contributed by atoms with E-state index in [0.29, 0.717) is 17.0 Å². The van der Waals surface area contributed by atoms with Crippen LogP contribution < -0.4 is 10.1 Å². The molecule has 1 heterocycles. The van der Waals surface area contributed by atoms with E-state index in [1.165, 1.54) is 24.3 Å². The number of carbonyl (C=O) groups is 1. The Labute approximate surface area is 170 Å². The van der Waals surface area contributed by atoms with Crippen molar-refractivity contribution in [3.05, 3.63) is 65.8 Å². The van der Waals surface area contributed by atoms with Crippen LogP contribution in [0.25, 0.3) is 0 Å². The molecule has 2 aromatic carbocycles. The lowest BCUT2D eigenvalue weighted by Crippen LogP contribution is -2.22. The molecule has 2 atom stereocenters. The fourth-order valence-corrected chi connectivity index (χ4v) is 3.01. The van der Waals surface area contributed by atoms with Gasteiger partial charge in [0.1, 0.15) is 11.6 Å². The fraction of sp³-hybridized carbons (Fsp3) is 0.200. The Hall–Kier alpha value is -3.38. The van der Waals surface area contributed by atoms with E-state index in [-0.39, 0.29) is 22.8 Å². The Balaban J connectivity index is 1.57. The third-order valence-corrected chi connectivity index (χ3v) is 4.74. The van der Waals surface area contributed by atoms with E-state index < -0.39 is 11.4 Å². The third kappa shape index (κ3) is 5.56. The van der Waals surface area contributed by atoms with Crippen LogP contribution in [0.4, 0.5) is 10.1 Å². The van der Waals surface area contributed by atoms with Crippen LogP contribution >= 0.6 is 11.8 Å². The van der Waals surface area contributed by atoms with Crippen molar-refractivity contribution in [1.29, 1.82) is 5.26 Å². The largest absolute Gasteiger partial charge is 0.481 e. The highest BCUT2D eigenvalue weighted by Gasteiger charge is 2.21. The molecule has 0 saturated heterocycles. The van der Waals surface area contributed by atoms with Crippen molar-refractivity contribution >= 4 is 23.4 Å². The number of nitrogens with one attached hydrogen (secondary N) is 1. The minimum absolute atomic E-state index is 0.225. The van der Waals surface area contributed by atoms with Gasteiger partial charge in [-0.3, -0.25) is 4.79 Å². The second kappa shape index (κ2) is 9.21. The van der Waals surface area contributed by atoms with E-state index in [4.69, 9.17) is 14.4 Å². The molecule has 1 N–H and O–H groups in total. The summed E-state index contributed by atoms with van der Waals surface area (Å²) in [4.78, 5) is 12.4. The van der Waals surface area contributed by atoms with Crippen molar-refractivity contribution in [2.24, 2.45) is 0 Å². The minimum Gasteiger partial charge on any atom is -0.481 e. The first-order valence-electron chi connectivity index (χ1n) is 8.68.